The van der Waals surface area contributed by atoms with Gasteiger partial charge in [-0.05, 0) is 137 Å². The van der Waals surface area contributed by atoms with Crippen LogP contribution in [0.4, 0.5) is 17.1 Å². The Morgan fingerprint density at radius 3 is 1.23 bits per heavy atom. The average Bonchev–Trinajstić information content (AvgIpc) is 3.57. The first-order valence-electron chi connectivity index (χ1n) is 21.6. The Kier molecular flexibility index (Phi) is 9.24. The van der Waals surface area contributed by atoms with Crippen LogP contribution in [0.15, 0.2) is 237 Å². The van der Waals surface area contributed by atoms with E-state index in [1.165, 1.54) is 88.7 Å². The smallest absolute Gasteiger partial charge is 0.0465 e. The summed E-state index contributed by atoms with van der Waals surface area (Å²) in [6, 6.07) is 86.5. The Labute approximate surface area is 364 Å². The molecule has 0 bridgehead atoms. The maximum atomic E-state index is 2.44. The lowest BCUT2D eigenvalue weighted by molar-refractivity contribution is 0.660. The van der Waals surface area contributed by atoms with Gasteiger partial charge in [-0.2, -0.15) is 0 Å². The summed E-state index contributed by atoms with van der Waals surface area (Å²) in [5.41, 5.74) is 20.7. The van der Waals surface area contributed by atoms with Gasteiger partial charge in [0.25, 0.3) is 0 Å². The molecule has 11 rings (SSSR count). The Balaban J connectivity index is 1.02. The SMILES string of the molecule is CC1(C)c2cc(N(c3ccc(-c4ccccc4)cc3)c3ccc(-c4cc5ccccc5cc4-c4ccccc4)cc3)ccc2-c2c(-c3ccc(-c4ccccc4)cc3)cccc21. The molecule has 10 aromatic carbocycles. The summed E-state index contributed by atoms with van der Waals surface area (Å²) in [7, 11) is 0. The van der Waals surface area contributed by atoms with Gasteiger partial charge in [-0.3, -0.25) is 0 Å². The summed E-state index contributed by atoms with van der Waals surface area (Å²) in [4.78, 5) is 2.42. The molecule has 0 N–H and O–H groups in total. The third-order valence-electron chi connectivity index (χ3n) is 12.9. The van der Waals surface area contributed by atoms with Gasteiger partial charge < -0.3 is 4.90 Å². The molecule has 0 aliphatic heterocycles. The minimum atomic E-state index is -0.197. The molecule has 0 saturated heterocycles. The van der Waals surface area contributed by atoms with Gasteiger partial charge in [-0.1, -0.05) is 202 Å². The fourth-order valence-corrected chi connectivity index (χ4v) is 9.63. The van der Waals surface area contributed by atoms with Crippen LogP contribution in [-0.2, 0) is 5.41 Å². The molecular weight excluding hydrogens is 747 g/mol. The molecule has 1 aliphatic rings. The van der Waals surface area contributed by atoms with E-state index in [9.17, 15) is 0 Å². The predicted octanol–water partition coefficient (Wildman–Crippen LogP) is 17.0. The predicted molar refractivity (Wildman–Crippen MR) is 263 cm³/mol. The van der Waals surface area contributed by atoms with E-state index in [1.54, 1.807) is 0 Å². The highest BCUT2D eigenvalue weighted by Gasteiger charge is 2.37. The van der Waals surface area contributed by atoms with E-state index >= 15 is 0 Å². The van der Waals surface area contributed by atoms with E-state index in [0.29, 0.717) is 0 Å². The van der Waals surface area contributed by atoms with Crippen molar-refractivity contribution in [3.05, 3.63) is 248 Å². The molecule has 10 aromatic rings. The zero-order valence-corrected chi connectivity index (χ0v) is 35.0. The second-order valence-electron chi connectivity index (χ2n) is 16.9. The van der Waals surface area contributed by atoms with E-state index in [2.05, 4.69) is 255 Å². The second kappa shape index (κ2) is 15.4. The largest absolute Gasteiger partial charge is 0.310 e. The normalized spacial score (nSPS) is 12.5. The van der Waals surface area contributed by atoms with Crippen LogP contribution in [0.1, 0.15) is 25.0 Å². The molecule has 0 aromatic heterocycles. The molecule has 62 heavy (non-hydrogen) atoms. The molecule has 0 radical (unpaired) electrons. The van der Waals surface area contributed by atoms with Crippen molar-refractivity contribution in [1.82, 2.24) is 0 Å². The Morgan fingerprint density at radius 2 is 0.677 bits per heavy atom. The molecule has 294 valence electrons. The van der Waals surface area contributed by atoms with Gasteiger partial charge in [0, 0.05) is 22.5 Å². The Bertz CT molecular complexity index is 3200. The lowest BCUT2D eigenvalue weighted by Crippen LogP contribution is -2.16. The van der Waals surface area contributed by atoms with Crippen LogP contribution < -0.4 is 4.90 Å². The van der Waals surface area contributed by atoms with Crippen LogP contribution in [0.25, 0.3) is 77.5 Å². The fourth-order valence-electron chi connectivity index (χ4n) is 9.63. The van der Waals surface area contributed by atoms with E-state index in [4.69, 9.17) is 0 Å². The van der Waals surface area contributed by atoms with Crippen LogP contribution in [0.3, 0.4) is 0 Å². The molecule has 1 heteroatoms. The van der Waals surface area contributed by atoms with Crippen molar-refractivity contribution >= 4 is 27.8 Å². The second-order valence-corrected chi connectivity index (χ2v) is 16.9. The number of hydrogen-bond acceptors (Lipinski definition) is 1. The Morgan fingerprint density at radius 1 is 0.274 bits per heavy atom. The van der Waals surface area contributed by atoms with E-state index in [1.807, 2.05) is 0 Å². The number of benzene rings is 10. The highest BCUT2D eigenvalue weighted by Crippen LogP contribution is 2.54. The highest BCUT2D eigenvalue weighted by atomic mass is 15.1. The number of rotatable bonds is 8. The van der Waals surface area contributed by atoms with Crippen molar-refractivity contribution < 1.29 is 0 Å². The molecular formula is C61H45N. The van der Waals surface area contributed by atoms with Gasteiger partial charge >= 0.3 is 0 Å². The number of hydrogen-bond donors (Lipinski definition) is 0. The molecule has 1 nitrogen and oxygen atoms in total. The summed E-state index contributed by atoms with van der Waals surface area (Å²) in [5, 5.41) is 2.48. The van der Waals surface area contributed by atoms with Crippen molar-refractivity contribution in [1.29, 1.82) is 0 Å². The third kappa shape index (κ3) is 6.60. The van der Waals surface area contributed by atoms with Gasteiger partial charge in [0.15, 0.2) is 0 Å². The topological polar surface area (TPSA) is 3.24 Å². The van der Waals surface area contributed by atoms with Crippen LogP contribution in [0, 0.1) is 0 Å². The van der Waals surface area contributed by atoms with Crippen molar-refractivity contribution in [3.8, 4) is 66.8 Å². The maximum absolute atomic E-state index is 2.44. The molecule has 0 saturated carbocycles. The summed E-state index contributed by atoms with van der Waals surface area (Å²) in [6.45, 7) is 4.76. The van der Waals surface area contributed by atoms with Crippen molar-refractivity contribution in [2.45, 2.75) is 19.3 Å². The van der Waals surface area contributed by atoms with Gasteiger partial charge in [0.05, 0.1) is 0 Å². The minimum absolute atomic E-state index is 0.197. The first-order chi connectivity index (χ1) is 30.5. The lowest BCUT2D eigenvalue weighted by Gasteiger charge is -2.28. The summed E-state index contributed by atoms with van der Waals surface area (Å²) in [6.07, 6.45) is 0. The molecule has 0 atom stereocenters. The monoisotopic (exact) mass is 791 g/mol. The summed E-state index contributed by atoms with van der Waals surface area (Å²) in [5.74, 6) is 0. The average molecular weight is 792 g/mol. The summed E-state index contributed by atoms with van der Waals surface area (Å²) >= 11 is 0. The molecule has 0 unspecified atom stereocenters. The van der Waals surface area contributed by atoms with Crippen molar-refractivity contribution in [2.24, 2.45) is 0 Å². The zero-order chi connectivity index (χ0) is 41.6. The standard InChI is InChI=1S/C61H45N/c1-61(2)58-24-14-23-54(47-27-25-44(26-28-47)42-15-6-3-7-16-42)60(58)55-38-37-53(41-59(55)61)62(51-33-29-45(30-34-51)43-17-8-4-9-18-43)52-35-31-48(32-36-52)57-40-50-22-13-12-21-49(50)39-56(57)46-19-10-5-11-20-46/h3-41H,1-2H3. The van der Waals surface area contributed by atoms with Gasteiger partial charge in [0.2, 0.25) is 0 Å². The number of fused-ring (bicyclic) bond motifs is 4. The number of nitrogens with zero attached hydrogens (tertiary/aromatic N) is 1. The van der Waals surface area contributed by atoms with Gasteiger partial charge in [-0.15, -0.1) is 0 Å². The summed E-state index contributed by atoms with van der Waals surface area (Å²) < 4.78 is 0. The molecule has 0 fully saturated rings. The van der Waals surface area contributed by atoms with Crippen molar-refractivity contribution in [3.63, 3.8) is 0 Å². The number of anilines is 3. The van der Waals surface area contributed by atoms with E-state index < -0.39 is 0 Å². The lowest BCUT2D eigenvalue weighted by atomic mass is 9.81. The van der Waals surface area contributed by atoms with Crippen LogP contribution in [0.2, 0.25) is 0 Å². The van der Waals surface area contributed by atoms with Crippen LogP contribution in [-0.4, -0.2) is 0 Å². The van der Waals surface area contributed by atoms with Crippen molar-refractivity contribution in [2.75, 3.05) is 4.90 Å². The quantitative estimate of drug-likeness (QED) is 0.148. The third-order valence-corrected chi connectivity index (χ3v) is 12.9. The molecule has 0 heterocycles. The first-order valence-corrected chi connectivity index (χ1v) is 21.6. The molecule has 1 aliphatic carbocycles. The fraction of sp³-hybridized carbons (Fsp3) is 0.0492. The highest BCUT2D eigenvalue weighted by molar-refractivity contribution is 5.98. The van der Waals surface area contributed by atoms with Crippen LogP contribution in [0.5, 0.6) is 0 Å². The first kappa shape index (κ1) is 37.3. The van der Waals surface area contributed by atoms with Gasteiger partial charge in [-0.25, -0.2) is 0 Å². The zero-order valence-electron chi connectivity index (χ0n) is 35.0. The van der Waals surface area contributed by atoms with Crippen LogP contribution >= 0.6 is 0 Å². The molecule has 0 amide bonds. The van der Waals surface area contributed by atoms with E-state index in [0.717, 1.165) is 17.1 Å². The van der Waals surface area contributed by atoms with Gasteiger partial charge in [0.1, 0.15) is 0 Å². The maximum Gasteiger partial charge on any atom is 0.0465 e. The Hall–Kier alpha value is -7.74. The minimum Gasteiger partial charge on any atom is -0.310 e. The van der Waals surface area contributed by atoms with E-state index in [-0.39, 0.29) is 5.41 Å². The molecule has 0 spiro atoms.